The van der Waals surface area contributed by atoms with Gasteiger partial charge in [0, 0.05) is 12.2 Å². The summed E-state index contributed by atoms with van der Waals surface area (Å²) in [7, 11) is -5.17. The van der Waals surface area contributed by atoms with Crippen LogP contribution in [0.5, 0.6) is 0 Å². The summed E-state index contributed by atoms with van der Waals surface area (Å²) in [5.74, 6) is -5.23. The lowest BCUT2D eigenvalue weighted by molar-refractivity contribution is -0.417. The van der Waals surface area contributed by atoms with Gasteiger partial charge in [-0.1, -0.05) is 54.8 Å². The fourth-order valence-electron chi connectivity index (χ4n) is 4.03. The molecule has 0 amide bonds. The van der Waals surface area contributed by atoms with Gasteiger partial charge in [0.25, 0.3) is 5.79 Å². The first-order valence-electron chi connectivity index (χ1n) is 10.5. The number of alkyl halides is 5. The first kappa shape index (κ1) is 26.9. The van der Waals surface area contributed by atoms with E-state index in [9.17, 15) is 21.6 Å². The maximum absolute atomic E-state index is 15.5. The highest BCUT2D eigenvalue weighted by atomic mass is 32.2. The molecule has 188 valence electrons. The van der Waals surface area contributed by atoms with Crippen molar-refractivity contribution in [2.24, 2.45) is 0 Å². The van der Waals surface area contributed by atoms with E-state index in [2.05, 4.69) is 18.4 Å². The highest BCUT2D eigenvalue weighted by molar-refractivity contribution is 7.93. The van der Waals surface area contributed by atoms with Crippen LogP contribution in [-0.4, -0.2) is 43.3 Å². The van der Waals surface area contributed by atoms with Crippen LogP contribution in [0.2, 0.25) is 0 Å². The molecular formula is C25H23F5O4S. The van der Waals surface area contributed by atoms with Crippen LogP contribution in [0.3, 0.4) is 0 Å². The van der Waals surface area contributed by atoms with Gasteiger partial charge < -0.3 is 9.47 Å². The summed E-state index contributed by atoms with van der Waals surface area (Å²) >= 11 is 0. The van der Waals surface area contributed by atoms with Crippen LogP contribution in [0.1, 0.15) is 26.3 Å². The van der Waals surface area contributed by atoms with E-state index in [1.807, 2.05) is 0 Å². The molecule has 2 atom stereocenters. The van der Waals surface area contributed by atoms with E-state index < -0.39 is 55.1 Å². The van der Waals surface area contributed by atoms with E-state index in [4.69, 9.17) is 9.47 Å². The van der Waals surface area contributed by atoms with Crippen LogP contribution in [0.15, 0.2) is 77.7 Å². The van der Waals surface area contributed by atoms with Crippen molar-refractivity contribution in [2.45, 2.75) is 53.9 Å². The van der Waals surface area contributed by atoms with Gasteiger partial charge in [0.1, 0.15) is 0 Å². The summed E-state index contributed by atoms with van der Waals surface area (Å²) in [4.78, 5) is -0.549. The number of hydrogen-bond acceptors (Lipinski definition) is 4. The molecule has 2 aromatic carbocycles. The quantitative estimate of drug-likeness (QED) is 0.299. The van der Waals surface area contributed by atoms with Crippen LogP contribution in [0, 0.1) is 11.8 Å². The van der Waals surface area contributed by atoms with Crippen LogP contribution in [-0.2, 0) is 19.3 Å². The van der Waals surface area contributed by atoms with Crippen molar-refractivity contribution in [3.05, 3.63) is 78.4 Å². The normalized spacial score (nSPS) is 24.6. The maximum Gasteiger partial charge on any atom is 0.459 e. The standard InChI is InChI=1S/C25H23F5O4S/c1-5-33-24(23(26,27)25(28,29)30)22(18(2)21(3,4)34-24,17-16-19-12-8-6-9-13-19)35(31,32)20-14-10-7-11-15-20/h6-15H,2,5H2,1,3-4H3/t22-,24+/m0/s1. The zero-order valence-electron chi connectivity index (χ0n) is 19.1. The largest absolute Gasteiger partial charge is 0.459 e. The second-order valence-corrected chi connectivity index (χ2v) is 10.4. The Kier molecular flexibility index (Phi) is 6.70. The van der Waals surface area contributed by atoms with E-state index in [1.165, 1.54) is 30.3 Å². The molecule has 0 saturated carbocycles. The Morgan fingerprint density at radius 3 is 1.97 bits per heavy atom. The van der Waals surface area contributed by atoms with E-state index in [0.29, 0.717) is 0 Å². The van der Waals surface area contributed by atoms with Gasteiger partial charge in [-0.25, -0.2) is 8.42 Å². The molecule has 1 saturated heterocycles. The van der Waals surface area contributed by atoms with Crippen molar-refractivity contribution in [1.29, 1.82) is 0 Å². The Labute approximate surface area is 200 Å². The third-order valence-electron chi connectivity index (χ3n) is 5.74. The number of rotatable bonds is 5. The molecule has 2 aromatic rings. The minimum atomic E-state index is -6.26. The zero-order valence-corrected chi connectivity index (χ0v) is 19.9. The summed E-state index contributed by atoms with van der Waals surface area (Å²) in [6.45, 7) is 6.34. The van der Waals surface area contributed by atoms with Crippen LogP contribution < -0.4 is 0 Å². The van der Waals surface area contributed by atoms with Gasteiger partial charge in [-0.2, -0.15) is 22.0 Å². The molecule has 1 heterocycles. The summed E-state index contributed by atoms with van der Waals surface area (Å²) in [6.07, 6.45) is -6.26. The van der Waals surface area contributed by atoms with Gasteiger partial charge in [0.15, 0.2) is 0 Å². The predicted octanol–water partition coefficient (Wildman–Crippen LogP) is 5.55. The van der Waals surface area contributed by atoms with Gasteiger partial charge in [0.2, 0.25) is 14.6 Å². The lowest BCUT2D eigenvalue weighted by atomic mass is 9.83. The highest BCUT2D eigenvalue weighted by Crippen LogP contribution is 2.63. The molecule has 0 aliphatic carbocycles. The summed E-state index contributed by atoms with van der Waals surface area (Å²) in [5, 5.41) is 0. The SMILES string of the molecule is C=C1C(C)(C)O[C@@](OCC)(C(F)(F)C(F)(F)F)[C@@]1(C#Cc1ccccc1)S(=O)(=O)c1ccccc1. The summed E-state index contributed by atoms with van der Waals surface area (Å²) in [6, 6.07) is 13.8. The zero-order chi connectivity index (χ0) is 26.3. The summed E-state index contributed by atoms with van der Waals surface area (Å²) in [5.41, 5.74) is -2.44. The third-order valence-corrected chi connectivity index (χ3v) is 8.06. The first-order chi connectivity index (χ1) is 16.1. The van der Waals surface area contributed by atoms with Crippen LogP contribution in [0.25, 0.3) is 0 Å². The predicted molar refractivity (Wildman–Crippen MR) is 119 cm³/mol. The Morgan fingerprint density at radius 2 is 1.49 bits per heavy atom. The van der Waals surface area contributed by atoms with Gasteiger partial charge in [-0.05, 0) is 50.6 Å². The highest BCUT2D eigenvalue weighted by Gasteiger charge is 2.87. The van der Waals surface area contributed by atoms with Gasteiger partial charge in [-0.15, -0.1) is 0 Å². The molecule has 0 radical (unpaired) electrons. The van der Waals surface area contributed by atoms with E-state index >= 15 is 8.78 Å². The molecule has 1 aliphatic heterocycles. The molecule has 4 nitrogen and oxygen atoms in total. The van der Waals surface area contributed by atoms with Gasteiger partial charge in [0.05, 0.1) is 10.5 Å². The number of halogens is 5. The molecule has 0 bridgehead atoms. The molecule has 0 spiro atoms. The number of sulfone groups is 1. The monoisotopic (exact) mass is 514 g/mol. The first-order valence-corrected chi connectivity index (χ1v) is 12.0. The minimum absolute atomic E-state index is 0.174. The number of benzene rings is 2. The molecule has 10 heteroatoms. The molecule has 3 rings (SSSR count). The lowest BCUT2D eigenvalue weighted by Gasteiger charge is -2.44. The van der Waals surface area contributed by atoms with Crippen LogP contribution >= 0.6 is 0 Å². The smallest absolute Gasteiger partial charge is 0.343 e. The van der Waals surface area contributed by atoms with E-state index in [1.54, 1.807) is 18.2 Å². The Balaban J connectivity index is 2.57. The number of ether oxygens (including phenoxy) is 2. The molecule has 0 unspecified atom stereocenters. The van der Waals surface area contributed by atoms with Crippen molar-refractivity contribution in [2.75, 3.05) is 6.61 Å². The summed E-state index contributed by atoms with van der Waals surface area (Å²) < 4.78 is 108. The molecule has 35 heavy (non-hydrogen) atoms. The van der Waals surface area contributed by atoms with Crippen molar-refractivity contribution in [1.82, 2.24) is 0 Å². The fraction of sp³-hybridized carbons (Fsp3) is 0.360. The Hall–Kier alpha value is -2.74. The van der Waals surface area contributed by atoms with Crippen molar-refractivity contribution < 1.29 is 39.8 Å². The van der Waals surface area contributed by atoms with Crippen LogP contribution in [0.4, 0.5) is 22.0 Å². The maximum atomic E-state index is 15.5. The average molecular weight is 515 g/mol. The van der Waals surface area contributed by atoms with E-state index in [0.717, 1.165) is 32.9 Å². The van der Waals surface area contributed by atoms with Crippen molar-refractivity contribution in [3.63, 3.8) is 0 Å². The second kappa shape index (κ2) is 8.73. The van der Waals surface area contributed by atoms with Crippen molar-refractivity contribution in [3.8, 4) is 11.8 Å². The topological polar surface area (TPSA) is 52.6 Å². The Morgan fingerprint density at radius 1 is 0.971 bits per heavy atom. The minimum Gasteiger partial charge on any atom is -0.343 e. The molecule has 1 fully saturated rings. The fourth-order valence-corrected chi connectivity index (χ4v) is 6.24. The van der Waals surface area contributed by atoms with Gasteiger partial charge in [-0.3, -0.25) is 0 Å². The third kappa shape index (κ3) is 3.86. The average Bonchev–Trinajstić information content (AvgIpc) is 2.97. The Bertz CT molecular complexity index is 1260. The van der Waals surface area contributed by atoms with Gasteiger partial charge >= 0.3 is 12.1 Å². The lowest BCUT2D eigenvalue weighted by Crippen LogP contribution is -2.70. The van der Waals surface area contributed by atoms with E-state index in [-0.39, 0.29) is 5.56 Å². The molecule has 1 aliphatic rings. The second-order valence-electron chi connectivity index (χ2n) is 8.33. The molecule has 0 aromatic heterocycles. The molecule has 0 N–H and O–H groups in total. The molecular weight excluding hydrogens is 491 g/mol. The van der Waals surface area contributed by atoms with Crippen molar-refractivity contribution >= 4 is 9.84 Å². The number of hydrogen-bond donors (Lipinski definition) is 0.